The number of halogens is 3. The lowest BCUT2D eigenvalue weighted by Crippen LogP contribution is -2.03. The van der Waals surface area contributed by atoms with Gasteiger partial charge in [0.25, 0.3) is 0 Å². The van der Waals surface area contributed by atoms with E-state index < -0.39 is 11.9 Å². The lowest BCUT2D eigenvalue weighted by atomic mass is 9.96. The van der Waals surface area contributed by atoms with Gasteiger partial charge in [0.05, 0.1) is 5.02 Å². The minimum absolute atomic E-state index is 0.0416. The normalized spacial score (nSPS) is 12.5. The molecule has 4 heteroatoms. The lowest BCUT2D eigenvalue weighted by molar-refractivity contribution is 0.219. The summed E-state index contributed by atoms with van der Waals surface area (Å²) in [6.07, 6.45) is -0.900. The molecule has 0 spiro atoms. The molecule has 1 unspecified atom stereocenters. The first-order valence-electron chi connectivity index (χ1n) is 5.80. The minimum atomic E-state index is -0.900. The third-order valence-electron chi connectivity index (χ3n) is 3.10. The molecule has 19 heavy (non-hydrogen) atoms. The molecule has 0 aliphatic carbocycles. The largest absolute Gasteiger partial charge is 0.384 e. The number of aryl methyl sites for hydroxylation is 2. The second kappa shape index (κ2) is 5.49. The average molecular weight is 299 g/mol. The molecule has 0 bridgehead atoms. The van der Waals surface area contributed by atoms with Crippen molar-refractivity contribution in [2.45, 2.75) is 20.0 Å². The summed E-state index contributed by atoms with van der Waals surface area (Å²) >= 11 is 11.7. The first kappa shape index (κ1) is 14.3. The van der Waals surface area contributed by atoms with Gasteiger partial charge in [-0.05, 0) is 54.3 Å². The summed E-state index contributed by atoms with van der Waals surface area (Å²) in [5, 5.41) is 11.0. The van der Waals surface area contributed by atoms with E-state index in [0.717, 1.165) is 11.1 Å². The molecule has 0 aliphatic heterocycles. The second-order valence-corrected chi connectivity index (χ2v) is 5.35. The maximum atomic E-state index is 13.4. The van der Waals surface area contributed by atoms with Crippen molar-refractivity contribution >= 4 is 23.2 Å². The fraction of sp³-hybridized carbons (Fsp3) is 0.200. The summed E-state index contributed by atoms with van der Waals surface area (Å²) < 4.78 is 13.4. The fourth-order valence-corrected chi connectivity index (χ4v) is 2.30. The first-order chi connectivity index (χ1) is 8.90. The molecule has 0 saturated carbocycles. The molecular weight excluding hydrogens is 286 g/mol. The standard InChI is InChI=1S/C15H13Cl2FO/c1-8-6-13(17)9(2)5-11(8)15(19)10-3-4-12(16)14(18)7-10/h3-7,15,19H,1-2H3. The molecule has 0 fully saturated rings. The number of aliphatic hydroxyl groups excluding tert-OH is 1. The predicted molar refractivity (Wildman–Crippen MR) is 76.4 cm³/mol. The van der Waals surface area contributed by atoms with Gasteiger partial charge in [0, 0.05) is 5.02 Å². The molecular formula is C15H13Cl2FO. The zero-order chi connectivity index (χ0) is 14.2. The van der Waals surface area contributed by atoms with Gasteiger partial charge >= 0.3 is 0 Å². The third kappa shape index (κ3) is 2.92. The van der Waals surface area contributed by atoms with Crippen LogP contribution in [0.1, 0.15) is 28.4 Å². The SMILES string of the molecule is Cc1cc(C(O)c2ccc(Cl)c(F)c2)c(C)cc1Cl. The van der Waals surface area contributed by atoms with E-state index >= 15 is 0 Å². The van der Waals surface area contributed by atoms with Gasteiger partial charge in [-0.2, -0.15) is 0 Å². The highest BCUT2D eigenvalue weighted by Gasteiger charge is 2.16. The Morgan fingerprint density at radius 2 is 1.68 bits per heavy atom. The number of rotatable bonds is 2. The van der Waals surface area contributed by atoms with Crippen LogP contribution in [0.5, 0.6) is 0 Å². The smallest absolute Gasteiger partial charge is 0.142 e. The van der Waals surface area contributed by atoms with Crippen LogP contribution >= 0.6 is 23.2 Å². The minimum Gasteiger partial charge on any atom is -0.384 e. The molecule has 0 aromatic heterocycles. The molecule has 100 valence electrons. The van der Waals surface area contributed by atoms with E-state index in [9.17, 15) is 9.50 Å². The van der Waals surface area contributed by atoms with E-state index in [1.54, 1.807) is 12.1 Å². The maximum absolute atomic E-state index is 13.4. The third-order valence-corrected chi connectivity index (χ3v) is 3.82. The Morgan fingerprint density at radius 3 is 2.32 bits per heavy atom. The van der Waals surface area contributed by atoms with Crippen molar-refractivity contribution in [3.05, 3.63) is 68.4 Å². The van der Waals surface area contributed by atoms with Gasteiger partial charge in [-0.25, -0.2) is 4.39 Å². The van der Waals surface area contributed by atoms with Gasteiger partial charge in [0.1, 0.15) is 11.9 Å². The van der Waals surface area contributed by atoms with Crippen molar-refractivity contribution in [2.24, 2.45) is 0 Å². The Balaban J connectivity index is 2.46. The summed E-state index contributed by atoms with van der Waals surface area (Å²) in [5.74, 6) is -0.540. The van der Waals surface area contributed by atoms with Crippen LogP contribution in [-0.4, -0.2) is 5.11 Å². The number of aliphatic hydroxyl groups is 1. The molecule has 1 nitrogen and oxygen atoms in total. The zero-order valence-corrected chi connectivity index (χ0v) is 12.1. The second-order valence-electron chi connectivity index (χ2n) is 4.53. The predicted octanol–water partition coefficient (Wildman–Crippen LogP) is 4.83. The molecule has 0 saturated heterocycles. The van der Waals surface area contributed by atoms with Crippen LogP contribution in [0.3, 0.4) is 0 Å². The highest BCUT2D eigenvalue weighted by atomic mass is 35.5. The Hall–Kier alpha value is -1.09. The van der Waals surface area contributed by atoms with Gasteiger partial charge in [0.2, 0.25) is 0 Å². The Labute approximate surface area is 121 Å². The molecule has 1 atom stereocenters. The maximum Gasteiger partial charge on any atom is 0.142 e. The monoisotopic (exact) mass is 298 g/mol. The molecule has 0 aliphatic rings. The van der Waals surface area contributed by atoms with E-state index in [-0.39, 0.29) is 5.02 Å². The molecule has 2 aromatic carbocycles. The van der Waals surface area contributed by atoms with Crippen LogP contribution < -0.4 is 0 Å². The van der Waals surface area contributed by atoms with Crippen LogP contribution in [0.15, 0.2) is 30.3 Å². The molecule has 0 heterocycles. The van der Waals surface area contributed by atoms with Crippen molar-refractivity contribution in [1.82, 2.24) is 0 Å². The fourth-order valence-electron chi connectivity index (χ4n) is 1.96. The topological polar surface area (TPSA) is 20.2 Å². The molecule has 0 radical (unpaired) electrons. The first-order valence-corrected chi connectivity index (χ1v) is 6.55. The highest BCUT2D eigenvalue weighted by Crippen LogP contribution is 2.30. The van der Waals surface area contributed by atoms with Crippen molar-refractivity contribution in [3.8, 4) is 0 Å². The zero-order valence-electron chi connectivity index (χ0n) is 10.5. The highest BCUT2D eigenvalue weighted by molar-refractivity contribution is 6.31. The van der Waals surface area contributed by atoms with E-state index in [4.69, 9.17) is 23.2 Å². The van der Waals surface area contributed by atoms with E-state index in [0.29, 0.717) is 16.1 Å². The van der Waals surface area contributed by atoms with E-state index in [1.165, 1.54) is 12.1 Å². The summed E-state index contributed by atoms with van der Waals surface area (Å²) in [5.41, 5.74) is 2.91. The number of hydrogen-bond donors (Lipinski definition) is 1. The molecule has 1 N–H and O–H groups in total. The summed E-state index contributed by atoms with van der Waals surface area (Å²) in [7, 11) is 0. The van der Waals surface area contributed by atoms with Crippen LogP contribution in [0.25, 0.3) is 0 Å². The Kier molecular flexibility index (Phi) is 4.14. The van der Waals surface area contributed by atoms with Crippen molar-refractivity contribution in [3.63, 3.8) is 0 Å². The summed E-state index contributed by atoms with van der Waals surface area (Å²) in [6.45, 7) is 3.72. The van der Waals surface area contributed by atoms with Crippen molar-refractivity contribution in [1.29, 1.82) is 0 Å². The van der Waals surface area contributed by atoms with Gasteiger partial charge in [-0.3, -0.25) is 0 Å². The van der Waals surface area contributed by atoms with Crippen LogP contribution in [-0.2, 0) is 0 Å². The summed E-state index contributed by atoms with van der Waals surface area (Å²) in [6, 6.07) is 7.90. The number of benzene rings is 2. The Bertz CT molecular complexity index is 626. The van der Waals surface area contributed by atoms with Crippen LogP contribution in [0.4, 0.5) is 4.39 Å². The van der Waals surface area contributed by atoms with Gasteiger partial charge in [-0.15, -0.1) is 0 Å². The van der Waals surface area contributed by atoms with Crippen LogP contribution in [0.2, 0.25) is 10.0 Å². The van der Waals surface area contributed by atoms with Gasteiger partial charge in [0.15, 0.2) is 0 Å². The van der Waals surface area contributed by atoms with Crippen molar-refractivity contribution < 1.29 is 9.50 Å². The van der Waals surface area contributed by atoms with E-state index in [1.807, 2.05) is 19.9 Å². The number of hydrogen-bond acceptors (Lipinski definition) is 1. The van der Waals surface area contributed by atoms with Crippen molar-refractivity contribution in [2.75, 3.05) is 0 Å². The average Bonchev–Trinajstić information content (AvgIpc) is 2.36. The Morgan fingerprint density at radius 1 is 1.00 bits per heavy atom. The summed E-state index contributed by atoms with van der Waals surface area (Å²) in [4.78, 5) is 0. The van der Waals surface area contributed by atoms with Crippen LogP contribution in [0, 0.1) is 19.7 Å². The van der Waals surface area contributed by atoms with Gasteiger partial charge in [-0.1, -0.05) is 35.3 Å². The lowest BCUT2D eigenvalue weighted by Gasteiger charge is -2.16. The quantitative estimate of drug-likeness (QED) is 0.842. The molecule has 2 aromatic rings. The van der Waals surface area contributed by atoms with Gasteiger partial charge < -0.3 is 5.11 Å². The molecule has 2 rings (SSSR count). The van der Waals surface area contributed by atoms with E-state index in [2.05, 4.69) is 0 Å². The molecule has 0 amide bonds.